The number of fused-ring (bicyclic) bond motifs is 3. The first-order chi connectivity index (χ1) is 16.8. The third-order valence-electron chi connectivity index (χ3n) is 7.22. The van der Waals surface area contributed by atoms with E-state index in [4.69, 9.17) is 4.98 Å². The lowest BCUT2D eigenvalue weighted by Gasteiger charge is -2.27. The molecule has 1 aliphatic carbocycles. The molecule has 8 heteroatoms. The molecule has 180 valence electrons. The van der Waals surface area contributed by atoms with E-state index >= 15 is 0 Å². The van der Waals surface area contributed by atoms with Gasteiger partial charge in [-0.2, -0.15) is 4.98 Å². The molecule has 4 heterocycles. The van der Waals surface area contributed by atoms with Crippen LogP contribution >= 0.6 is 0 Å². The molecule has 0 radical (unpaired) electrons. The van der Waals surface area contributed by atoms with E-state index in [0.29, 0.717) is 23.5 Å². The van der Waals surface area contributed by atoms with Crippen molar-refractivity contribution >= 4 is 22.7 Å². The van der Waals surface area contributed by atoms with Crippen LogP contribution in [0.4, 0.5) is 11.6 Å². The van der Waals surface area contributed by atoms with Crippen molar-refractivity contribution in [1.29, 1.82) is 0 Å². The zero-order chi connectivity index (χ0) is 24.4. The Morgan fingerprint density at radius 3 is 2.71 bits per heavy atom. The minimum atomic E-state index is -0.112. The third kappa shape index (κ3) is 3.63. The molecule has 1 saturated carbocycles. The van der Waals surface area contributed by atoms with Gasteiger partial charge in [0, 0.05) is 47.8 Å². The fraction of sp³-hybridized carbons (Fsp3) is 0.407. The molecule has 8 nitrogen and oxygen atoms in total. The van der Waals surface area contributed by atoms with Gasteiger partial charge in [0.25, 0.3) is 5.56 Å². The molecule has 1 fully saturated rings. The summed E-state index contributed by atoms with van der Waals surface area (Å²) in [5, 5.41) is 7.55. The van der Waals surface area contributed by atoms with Gasteiger partial charge >= 0.3 is 0 Å². The summed E-state index contributed by atoms with van der Waals surface area (Å²) in [5.41, 5.74) is 6.16. The summed E-state index contributed by atoms with van der Waals surface area (Å²) >= 11 is 0. The average molecular weight is 470 g/mol. The fourth-order valence-corrected chi connectivity index (χ4v) is 5.17. The van der Waals surface area contributed by atoms with Crippen molar-refractivity contribution in [3.05, 3.63) is 69.9 Å². The Bertz CT molecular complexity index is 1500. The highest BCUT2D eigenvalue weighted by molar-refractivity contribution is 5.77. The summed E-state index contributed by atoms with van der Waals surface area (Å²) in [5.74, 6) is 0.472. The zero-order valence-electron chi connectivity index (χ0n) is 20.7. The van der Waals surface area contributed by atoms with Crippen LogP contribution < -0.4 is 16.2 Å². The Morgan fingerprint density at radius 1 is 1.14 bits per heavy atom. The van der Waals surface area contributed by atoms with Crippen LogP contribution in [0.3, 0.4) is 0 Å². The van der Waals surface area contributed by atoms with Crippen LogP contribution in [0.15, 0.2) is 47.5 Å². The molecule has 1 spiro atoms. The number of hydrogen-bond donors (Lipinski definition) is 2. The number of rotatable bonds is 4. The third-order valence-corrected chi connectivity index (χ3v) is 7.22. The highest BCUT2D eigenvalue weighted by atomic mass is 16.1. The van der Waals surface area contributed by atoms with Crippen molar-refractivity contribution in [2.24, 2.45) is 0 Å². The standard InChI is InChI=1S/C27H31N7O/c1-5-33-24(35)20-16-29-25(31-18-6-7-21-17(14-18)8-13-30-27(21)10-11-27)32-23(20)34(33)19-9-12-28-22(15-19)26(2,3)4/h6-7,9,12,14-16,30H,5,8,10-11,13H2,1-4H3,(H,29,31,32). The van der Waals surface area contributed by atoms with Crippen molar-refractivity contribution in [3.8, 4) is 5.69 Å². The van der Waals surface area contributed by atoms with Gasteiger partial charge in [-0.3, -0.25) is 9.78 Å². The van der Waals surface area contributed by atoms with Gasteiger partial charge in [-0.1, -0.05) is 26.8 Å². The SMILES string of the molecule is CCn1c(=O)c2cnc(Nc3ccc4c(c3)CCNC43CC3)nc2n1-c1ccnc(C(C)(C)C)c1. The van der Waals surface area contributed by atoms with E-state index in [1.807, 2.05) is 23.7 Å². The molecule has 0 unspecified atom stereocenters. The molecule has 4 aromatic rings. The minimum Gasteiger partial charge on any atom is -0.324 e. The van der Waals surface area contributed by atoms with Crippen molar-refractivity contribution < 1.29 is 0 Å². The lowest BCUT2D eigenvalue weighted by Crippen LogP contribution is -2.36. The molecule has 2 N–H and O–H groups in total. The van der Waals surface area contributed by atoms with Crippen molar-refractivity contribution in [2.75, 3.05) is 11.9 Å². The van der Waals surface area contributed by atoms with Gasteiger partial charge in [0.05, 0.1) is 5.69 Å². The maximum absolute atomic E-state index is 13.2. The van der Waals surface area contributed by atoms with Crippen LogP contribution in [-0.4, -0.2) is 30.9 Å². The van der Waals surface area contributed by atoms with Gasteiger partial charge < -0.3 is 10.6 Å². The zero-order valence-corrected chi connectivity index (χ0v) is 20.7. The number of benzene rings is 1. The molecule has 35 heavy (non-hydrogen) atoms. The van der Waals surface area contributed by atoms with Gasteiger partial charge in [-0.05, 0) is 61.6 Å². The van der Waals surface area contributed by atoms with Crippen LogP contribution in [0.5, 0.6) is 0 Å². The van der Waals surface area contributed by atoms with Gasteiger partial charge in [0.2, 0.25) is 5.95 Å². The van der Waals surface area contributed by atoms with Crippen LogP contribution in [-0.2, 0) is 23.9 Å². The Morgan fingerprint density at radius 2 is 1.97 bits per heavy atom. The summed E-state index contributed by atoms with van der Waals surface area (Å²) in [6.07, 6.45) is 6.86. The Kier molecular flexibility index (Phi) is 4.86. The molecule has 0 atom stereocenters. The van der Waals surface area contributed by atoms with E-state index in [1.54, 1.807) is 17.1 Å². The highest BCUT2D eigenvalue weighted by Crippen LogP contribution is 2.48. The summed E-state index contributed by atoms with van der Waals surface area (Å²) in [6.45, 7) is 9.88. The summed E-state index contributed by atoms with van der Waals surface area (Å²) < 4.78 is 3.59. The van der Waals surface area contributed by atoms with Crippen LogP contribution in [0, 0.1) is 0 Å². The smallest absolute Gasteiger partial charge is 0.278 e. The topological polar surface area (TPSA) is 89.7 Å². The first kappa shape index (κ1) is 22.0. The van der Waals surface area contributed by atoms with Crippen LogP contribution in [0.2, 0.25) is 0 Å². The molecule has 0 amide bonds. The number of aromatic nitrogens is 5. The van der Waals surface area contributed by atoms with Gasteiger partial charge in [-0.15, -0.1) is 0 Å². The second-order valence-corrected chi connectivity index (χ2v) is 10.7. The van der Waals surface area contributed by atoms with E-state index in [-0.39, 0.29) is 16.5 Å². The molecule has 6 rings (SSSR count). The van der Waals surface area contributed by atoms with E-state index in [2.05, 4.69) is 59.6 Å². The van der Waals surface area contributed by atoms with Gasteiger partial charge in [-0.25, -0.2) is 14.3 Å². The Balaban J connectivity index is 1.42. The molecular formula is C27H31N7O. The molecule has 0 saturated heterocycles. The number of pyridine rings is 1. The largest absolute Gasteiger partial charge is 0.324 e. The second-order valence-electron chi connectivity index (χ2n) is 10.7. The molecule has 2 aliphatic rings. The first-order valence-corrected chi connectivity index (χ1v) is 12.4. The summed E-state index contributed by atoms with van der Waals surface area (Å²) in [6, 6.07) is 10.5. The van der Waals surface area contributed by atoms with Crippen molar-refractivity contribution in [1.82, 2.24) is 29.6 Å². The van der Waals surface area contributed by atoms with E-state index < -0.39 is 0 Å². The molecular weight excluding hydrogens is 438 g/mol. The monoisotopic (exact) mass is 469 g/mol. The van der Waals surface area contributed by atoms with Crippen LogP contribution in [0.1, 0.15) is 57.4 Å². The number of hydrogen-bond acceptors (Lipinski definition) is 6. The molecule has 1 aliphatic heterocycles. The molecule has 1 aromatic carbocycles. The summed E-state index contributed by atoms with van der Waals surface area (Å²) in [7, 11) is 0. The van der Waals surface area contributed by atoms with Crippen molar-refractivity contribution in [2.45, 2.75) is 64.5 Å². The molecule has 0 bridgehead atoms. The van der Waals surface area contributed by atoms with E-state index in [9.17, 15) is 4.79 Å². The summed E-state index contributed by atoms with van der Waals surface area (Å²) in [4.78, 5) is 27.0. The predicted molar refractivity (Wildman–Crippen MR) is 138 cm³/mol. The first-order valence-electron chi connectivity index (χ1n) is 12.4. The lowest BCUT2D eigenvalue weighted by atomic mass is 9.91. The predicted octanol–water partition coefficient (Wildman–Crippen LogP) is 4.17. The number of nitrogens with one attached hydrogen (secondary N) is 2. The van der Waals surface area contributed by atoms with E-state index in [0.717, 1.165) is 30.0 Å². The average Bonchev–Trinajstić information content (AvgIpc) is 3.55. The Hall–Kier alpha value is -3.52. The van der Waals surface area contributed by atoms with Gasteiger partial charge in [0.15, 0.2) is 5.65 Å². The lowest BCUT2D eigenvalue weighted by molar-refractivity contribution is 0.490. The highest BCUT2D eigenvalue weighted by Gasteiger charge is 2.46. The van der Waals surface area contributed by atoms with E-state index in [1.165, 1.54) is 24.0 Å². The minimum absolute atomic E-state index is 0.0980. The second kappa shape index (κ2) is 7.75. The maximum atomic E-state index is 13.2. The quantitative estimate of drug-likeness (QED) is 0.466. The number of nitrogens with zero attached hydrogens (tertiary/aromatic N) is 5. The normalized spacial score (nSPS) is 16.5. The number of anilines is 2. The van der Waals surface area contributed by atoms with Crippen molar-refractivity contribution in [3.63, 3.8) is 0 Å². The fourth-order valence-electron chi connectivity index (χ4n) is 5.17. The van der Waals surface area contributed by atoms with Crippen LogP contribution in [0.25, 0.3) is 16.7 Å². The maximum Gasteiger partial charge on any atom is 0.278 e. The van der Waals surface area contributed by atoms with Gasteiger partial charge in [0.1, 0.15) is 5.39 Å². The molecule has 3 aromatic heterocycles. The Labute approximate surface area is 204 Å².